The molecule has 0 saturated carbocycles. The summed E-state index contributed by atoms with van der Waals surface area (Å²) in [6.45, 7) is 4.99. The second kappa shape index (κ2) is 8.46. The van der Waals surface area contributed by atoms with E-state index in [1.165, 1.54) is 5.56 Å². The number of aromatic nitrogens is 2. The number of piperidine rings is 1. The summed E-state index contributed by atoms with van der Waals surface area (Å²) < 4.78 is 1.84. The van der Waals surface area contributed by atoms with Crippen LogP contribution in [0.3, 0.4) is 0 Å². The van der Waals surface area contributed by atoms with E-state index in [4.69, 9.17) is 0 Å². The second-order valence-corrected chi connectivity index (χ2v) is 7.21. The first-order valence-corrected chi connectivity index (χ1v) is 9.74. The molecule has 1 aromatic heterocycles. The molecule has 0 atom stereocenters. The van der Waals surface area contributed by atoms with Crippen LogP contribution < -0.4 is 10.9 Å². The fourth-order valence-electron chi connectivity index (χ4n) is 3.83. The Morgan fingerprint density at radius 3 is 2.56 bits per heavy atom. The fraction of sp³-hybridized carbons (Fsp3) is 0.364. The molecule has 3 aromatic rings. The van der Waals surface area contributed by atoms with E-state index in [0.717, 1.165) is 51.1 Å². The van der Waals surface area contributed by atoms with Crippen molar-refractivity contribution in [2.24, 2.45) is 0 Å². The van der Waals surface area contributed by atoms with E-state index in [-0.39, 0.29) is 11.6 Å². The van der Waals surface area contributed by atoms with Crippen molar-refractivity contribution >= 4 is 10.9 Å². The summed E-state index contributed by atoms with van der Waals surface area (Å²) in [6.07, 6.45) is 3.73. The Morgan fingerprint density at radius 1 is 1.00 bits per heavy atom. The molecule has 0 bridgehead atoms. The maximum atomic E-state index is 12.8. The fourth-order valence-corrected chi connectivity index (χ4v) is 3.83. The Labute approximate surface area is 159 Å². The quantitative estimate of drug-likeness (QED) is 0.685. The number of nitrogens with zero attached hydrogens (tertiary/aromatic N) is 3. The van der Waals surface area contributed by atoms with Gasteiger partial charge in [-0.1, -0.05) is 42.5 Å². The largest absolute Gasteiger partial charge is 0.311 e. The third-order valence-electron chi connectivity index (χ3n) is 5.42. The van der Waals surface area contributed by atoms with Crippen molar-refractivity contribution in [3.8, 4) is 0 Å². The van der Waals surface area contributed by atoms with Crippen molar-refractivity contribution in [3.63, 3.8) is 0 Å². The summed E-state index contributed by atoms with van der Waals surface area (Å²) in [5.74, 6) is 0. The van der Waals surface area contributed by atoms with E-state index in [0.29, 0.717) is 5.39 Å². The van der Waals surface area contributed by atoms with Crippen LogP contribution in [-0.4, -0.2) is 40.6 Å². The van der Waals surface area contributed by atoms with Gasteiger partial charge in [0.2, 0.25) is 0 Å². The van der Waals surface area contributed by atoms with Gasteiger partial charge in [-0.2, -0.15) is 0 Å². The van der Waals surface area contributed by atoms with Crippen molar-refractivity contribution in [2.45, 2.75) is 25.4 Å². The minimum Gasteiger partial charge on any atom is -0.311 e. The van der Waals surface area contributed by atoms with E-state index >= 15 is 0 Å². The van der Waals surface area contributed by atoms with Crippen LogP contribution in [0, 0.1) is 0 Å². The third-order valence-corrected chi connectivity index (χ3v) is 5.42. The Balaban J connectivity index is 1.28. The molecule has 0 spiro atoms. The molecule has 4 rings (SSSR count). The van der Waals surface area contributed by atoms with E-state index in [1.807, 2.05) is 34.9 Å². The number of benzene rings is 2. The number of rotatable bonds is 6. The van der Waals surface area contributed by atoms with Gasteiger partial charge in [-0.05, 0) is 30.5 Å². The van der Waals surface area contributed by atoms with Crippen LogP contribution >= 0.6 is 0 Å². The molecule has 1 N–H and O–H groups in total. The van der Waals surface area contributed by atoms with Crippen molar-refractivity contribution in [1.29, 1.82) is 0 Å². The van der Waals surface area contributed by atoms with Crippen LogP contribution in [0.2, 0.25) is 0 Å². The lowest BCUT2D eigenvalue weighted by atomic mass is 10.0. The maximum absolute atomic E-state index is 12.8. The van der Waals surface area contributed by atoms with Gasteiger partial charge < -0.3 is 10.2 Å². The Bertz CT molecular complexity index is 930. The lowest BCUT2D eigenvalue weighted by Crippen LogP contribution is -2.40. The summed E-state index contributed by atoms with van der Waals surface area (Å²) >= 11 is 0. The lowest BCUT2D eigenvalue weighted by Gasteiger charge is -2.32. The summed E-state index contributed by atoms with van der Waals surface area (Å²) in [5, 5.41) is 4.23. The minimum atomic E-state index is 0.0866. The molecule has 1 aliphatic rings. The van der Waals surface area contributed by atoms with Gasteiger partial charge >= 0.3 is 0 Å². The van der Waals surface area contributed by atoms with Gasteiger partial charge in [0.1, 0.15) is 0 Å². The summed E-state index contributed by atoms with van der Waals surface area (Å²) in [6, 6.07) is 18.3. The average Bonchev–Trinajstić information content (AvgIpc) is 2.73. The molecule has 0 unspecified atom stereocenters. The van der Waals surface area contributed by atoms with Crippen LogP contribution in [0.1, 0.15) is 24.4 Å². The predicted octanol–water partition coefficient (Wildman–Crippen LogP) is 2.82. The molecule has 1 fully saturated rings. The van der Waals surface area contributed by atoms with Crippen LogP contribution in [0.4, 0.5) is 0 Å². The monoisotopic (exact) mass is 362 g/mol. The second-order valence-electron chi connectivity index (χ2n) is 7.21. The Hall–Kier alpha value is -2.50. The van der Waals surface area contributed by atoms with Crippen molar-refractivity contribution in [2.75, 3.05) is 26.2 Å². The molecular weight excluding hydrogens is 336 g/mol. The van der Waals surface area contributed by atoms with Gasteiger partial charge in [-0.25, -0.2) is 4.98 Å². The molecule has 0 amide bonds. The van der Waals surface area contributed by atoms with Crippen molar-refractivity contribution in [1.82, 2.24) is 19.8 Å². The van der Waals surface area contributed by atoms with Crippen molar-refractivity contribution < 1.29 is 0 Å². The number of fused-ring (bicyclic) bond motifs is 1. The van der Waals surface area contributed by atoms with E-state index in [1.54, 1.807) is 6.33 Å². The molecule has 0 radical (unpaired) electrons. The first-order chi connectivity index (χ1) is 13.3. The zero-order valence-corrected chi connectivity index (χ0v) is 15.6. The SMILES string of the molecule is O=c1c2ccccc2ncn1C1CCN(CCNCc2ccccc2)CC1. The average molecular weight is 362 g/mol. The molecule has 140 valence electrons. The Morgan fingerprint density at radius 2 is 1.74 bits per heavy atom. The molecule has 5 heteroatoms. The first-order valence-electron chi connectivity index (χ1n) is 9.74. The van der Waals surface area contributed by atoms with Gasteiger partial charge in [0, 0.05) is 38.8 Å². The minimum absolute atomic E-state index is 0.0866. The van der Waals surface area contributed by atoms with Gasteiger partial charge in [0.15, 0.2) is 0 Å². The van der Waals surface area contributed by atoms with Gasteiger partial charge in [-0.15, -0.1) is 0 Å². The molecule has 1 aliphatic heterocycles. The molecule has 1 saturated heterocycles. The Kier molecular flexibility index (Phi) is 5.61. The highest BCUT2D eigenvalue weighted by atomic mass is 16.1. The number of nitrogens with one attached hydrogen (secondary N) is 1. The van der Waals surface area contributed by atoms with Crippen LogP contribution in [-0.2, 0) is 6.54 Å². The van der Waals surface area contributed by atoms with E-state index in [2.05, 4.69) is 39.5 Å². The summed E-state index contributed by atoms with van der Waals surface area (Å²) in [4.78, 5) is 19.7. The molecule has 5 nitrogen and oxygen atoms in total. The molecule has 2 aromatic carbocycles. The standard InChI is InChI=1S/C22H26N4O/c27-22-20-8-4-5-9-21(20)24-17-26(22)19-10-13-25(14-11-19)15-12-23-16-18-6-2-1-3-7-18/h1-9,17,19,23H,10-16H2. The highest BCUT2D eigenvalue weighted by Gasteiger charge is 2.21. The number of hydrogen-bond acceptors (Lipinski definition) is 4. The lowest BCUT2D eigenvalue weighted by molar-refractivity contribution is 0.185. The van der Waals surface area contributed by atoms with Crippen LogP contribution in [0.15, 0.2) is 65.7 Å². The van der Waals surface area contributed by atoms with E-state index < -0.39 is 0 Å². The van der Waals surface area contributed by atoms with Crippen molar-refractivity contribution in [3.05, 3.63) is 76.8 Å². The summed E-state index contributed by atoms with van der Waals surface area (Å²) in [7, 11) is 0. The van der Waals surface area contributed by atoms with Gasteiger partial charge in [0.05, 0.1) is 17.2 Å². The molecule has 0 aliphatic carbocycles. The van der Waals surface area contributed by atoms with E-state index in [9.17, 15) is 4.79 Å². The molecule has 27 heavy (non-hydrogen) atoms. The zero-order chi connectivity index (χ0) is 18.5. The molecule has 2 heterocycles. The zero-order valence-electron chi connectivity index (χ0n) is 15.6. The first kappa shape index (κ1) is 17.9. The molecular formula is C22H26N4O. The van der Waals surface area contributed by atoms with Gasteiger partial charge in [-0.3, -0.25) is 9.36 Å². The highest BCUT2D eigenvalue weighted by molar-refractivity contribution is 5.76. The number of hydrogen-bond donors (Lipinski definition) is 1. The smallest absolute Gasteiger partial charge is 0.261 e. The van der Waals surface area contributed by atoms with Crippen LogP contribution in [0.5, 0.6) is 0 Å². The van der Waals surface area contributed by atoms with Gasteiger partial charge in [0.25, 0.3) is 5.56 Å². The van der Waals surface area contributed by atoms with Crippen LogP contribution in [0.25, 0.3) is 10.9 Å². The predicted molar refractivity (Wildman–Crippen MR) is 109 cm³/mol. The number of para-hydroxylation sites is 1. The normalized spacial score (nSPS) is 16.0. The maximum Gasteiger partial charge on any atom is 0.261 e. The summed E-state index contributed by atoms with van der Waals surface area (Å²) in [5.41, 5.74) is 2.18. The third kappa shape index (κ3) is 4.26. The topological polar surface area (TPSA) is 50.2 Å². The number of likely N-dealkylation sites (tertiary alicyclic amines) is 1. The highest BCUT2D eigenvalue weighted by Crippen LogP contribution is 2.21.